The normalized spacial score (nSPS) is 21.5. The lowest BCUT2D eigenvalue weighted by Crippen LogP contribution is -2.47. The zero-order chi connectivity index (χ0) is 15.6. The number of carbonyl (C=O) groups excluding carboxylic acids is 1. The van der Waals surface area contributed by atoms with Gasteiger partial charge >= 0.3 is 0 Å². The maximum absolute atomic E-state index is 12.8. The van der Waals surface area contributed by atoms with Gasteiger partial charge in [-0.2, -0.15) is 0 Å². The molecule has 1 aromatic rings. The van der Waals surface area contributed by atoms with Gasteiger partial charge in [0.05, 0.1) is 11.5 Å². The van der Waals surface area contributed by atoms with Crippen LogP contribution in [0.2, 0.25) is 0 Å². The SMILES string of the molecule is COCCC1(C(=O)NC2CCCc3cc(N)ccc32)CCC1.Cl. The van der Waals surface area contributed by atoms with Gasteiger partial charge in [0.2, 0.25) is 5.91 Å². The third-order valence-corrected chi connectivity index (χ3v) is 5.36. The number of rotatable bonds is 5. The van der Waals surface area contributed by atoms with Crippen LogP contribution in [0.5, 0.6) is 0 Å². The monoisotopic (exact) mass is 338 g/mol. The number of hydrogen-bond donors (Lipinski definition) is 2. The number of nitrogen functional groups attached to an aromatic ring is 1. The largest absolute Gasteiger partial charge is 0.399 e. The Labute approximate surface area is 144 Å². The first-order chi connectivity index (χ1) is 10.6. The lowest BCUT2D eigenvalue weighted by molar-refractivity contribution is -0.138. The lowest BCUT2D eigenvalue weighted by atomic mass is 9.66. The number of nitrogens with one attached hydrogen (secondary N) is 1. The van der Waals surface area contributed by atoms with Crippen molar-refractivity contribution in [1.82, 2.24) is 5.32 Å². The number of amides is 1. The number of carbonyl (C=O) groups is 1. The van der Waals surface area contributed by atoms with Crippen molar-refractivity contribution in [2.75, 3.05) is 19.5 Å². The summed E-state index contributed by atoms with van der Waals surface area (Å²) in [4.78, 5) is 12.8. The highest BCUT2D eigenvalue weighted by Crippen LogP contribution is 2.45. The molecule has 2 aliphatic carbocycles. The van der Waals surface area contributed by atoms with Gasteiger partial charge in [-0.05, 0) is 61.8 Å². The third-order valence-electron chi connectivity index (χ3n) is 5.36. The number of halogens is 1. The lowest BCUT2D eigenvalue weighted by Gasteiger charge is -2.41. The first kappa shape index (κ1) is 18.1. The van der Waals surface area contributed by atoms with Crippen LogP contribution in [0.1, 0.15) is 55.7 Å². The topological polar surface area (TPSA) is 64.3 Å². The van der Waals surface area contributed by atoms with Gasteiger partial charge in [0.25, 0.3) is 0 Å². The molecule has 0 heterocycles. The molecule has 0 bridgehead atoms. The minimum atomic E-state index is -0.193. The van der Waals surface area contributed by atoms with E-state index in [1.807, 2.05) is 6.07 Å². The second kappa shape index (κ2) is 7.54. The van der Waals surface area contributed by atoms with Crippen LogP contribution in [-0.2, 0) is 16.0 Å². The Balaban J connectivity index is 0.00000192. The molecule has 3 rings (SSSR count). The molecule has 1 saturated carbocycles. The third kappa shape index (κ3) is 3.64. The van der Waals surface area contributed by atoms with Crippen LogP contribution in [0.25, 0.3) is 0 Å². The van der Waals surface area contributed by atoms with Crippen molar-refractivity contribution in [3.63, 3.8) is 0 Å². The van der Waals surface area contributed by atoms with Crippen molar-refractivity contribution in [2.24, 2.45) is 5.41 Å². The molecule has 0 aromatic heterocycles. The fourth-order valence-corrected chi connectivity index (χ4v) is 3.79. The van der Waals surface area contributed by atoms with Gasteiger partial charge in [-0.25, -0.2) is 0 Å². The molecule has 23 heavy (non-hydrogen) atoms. The summed E-state index contributed by atoms with van der Waals surface area (Å²) in [6.07, 6.45) is 7.13. The molecule has 2 aliphatic rings. The van der Waals surface area contributed by atoms with Gasteiger partial charge in [0.15, 0.2) is 0 Å². The summed E-state index contributed by atoms with van der Waals surface area (Å²) < 4.78 is 5.19. The predicted molar refractivity (Wildman–Crippen MR) is 94.7 cm³/mol. The Morgan fingerprint density at radius 2 is 2.17 bits per heavy atom. The summed E-state index contributed by atoms with van der Waals surface area (Å²) in [6, 6.07) is 6.21. The van der Waals surface area contributed by atoms with E-state index in [2.05, 4.69) is 17.4 Å². The van der Waals surface area contributed by atoms with E-state index in [0.717, 1.165) is 50.6 Å². The molecule has 0 radical (unpaired) electrons. The van der Waals surface area contributed by atoms with E-state index in [4.69, 9.17) is 10.5 Å². The summed E-state index contributed by atoms with van der Waals surface area (Å²) in [5.74, 6) is 0.213. The molecule has 0 saturated heterocycles. The predicted octanol–water partition coefficient (Wildman–Crippen LogP) is 3.39. The van der Waals surface area contributed by atoms with Crippen LogP contribution in [-0.4, -0.2) is 19.6 Å². The van der Waals surface area contributed by atoms with Crippen LogP contribution in [0.15, 0.2) is 18.2 Å². The molecule has 1 fully saturated rings. The maximum Gasteiger partial charge on any atom is 0.226 e. The van der Waals surface area contributed by atoms with Crippen LogP contribution in [0, 0.1) is 5.41 Å². The van der Waals surface area contributed by atoms with Crippen molar-refractivity contribution in [3.8, 4) is 0 Å². The van der Waals surface area contributed by atoms with Gasteiger partial charge in [0.1, 0.15) is 0 Å². The van der Waals surface area contributed by atoms with Crippen molar-refractivity contribution < 1.29 is 9.53 Å². The summed E-state index contributed by atoms with van der Waals surface area (Å²) >= 11 is 0. The van der Waals surface area contributed by atoms with Gasteiger partial charge in [-0.15, -0.1) is 12.4 Å². The Kier molecular flexibility index (Phi) is 5.93. The van der Waals surface area contributed by atoms with Crippen molar-refractivity contribution >= 4 is 24.0 Å². The molecule has 1 amide bonds. The van der Waals surface area contributed by atoms with E-state index < -0.39 is 0 Å². The smallest absolute Gasteiger partial charge is 0.226 e. The fraction of sp³-hybridized carbons (Fsp3) is 0.611. The number of methoxy groups -OCH3 is 1. The summed E-state index contributed by atoms with van der Waals surface area (Å²) in [5, 5.41) is 3.31. The molecule has 1 unspecified atom stereocenters. The van der Waals surface area contributed by atoms with Crippen molar-refractivity contribution in [2.45, 2.75) is 51.0 Å². The highest BCUT2D eigenvalue weighted by molar-refractivity contribution is 5.85. The second-order valence-corrected chi connectivity index (χ2v) is 6.75. The zero-order valence-electron chi connectivity index (χ0n) is 13.8. The van der Waals surface area contributed by atoms with Gasteiger partial charge in [0, 0.05) is 19.4 Å². The number of anilines is 1. The second-order valence-electron chi connectivity index (χ2n) is 6.75. The first-order valence-electron chi connectivity index (χ1n) is 8.33. The summed E-state index contributed by atoms with van der Waals surface area (Å²) in [7, 11) is 1.70. The molecular formula is C18H27ClN2O2. The molecule has 0 aliphatic heterocycles. The Morgan fingerprint density at radius 3 is 2.83 bits per heavy atom. The van der Waals surface area contributed by atoms with Gasteiger partial charge in [-0.3, -0.25) is 4.79 Å². The van der Waals surface area contributed by atoms with Crippen LogP contribution in [0.4, 0.5) is 5.69 Å². The number of nitrogens with two attached hydrogens (primary N) is 1. The number of ether oxygens (including phenoxy) is 1. The van der Waals surface area contributed by atoms with E-state index in [1.165, 1.54) is 11.1 Å². The minimum absolute atomic E-state index is 0. The minimum Gasteiger partial charge on any atom is -0.399 e. The molecular weight excluding hydrogens is 312 g/mol. The number of hydrogen-bond acceptors (Lipinski definition) is 3. The molecule has 0 spiro atoms. The van der Waals surface area contributed by atoms with Crippen LogP contribution in [0.3, 0.4) is 0 Å². The Bertz CT molecular complexity index is 558. The highest BCUT2D eigenvalue weighted by atomic mass is 35.5. The summed E-state index contributed by atoms with van der Waals surface area (Å²) in [5.41, 5.74) is 9.03. The first-order valence-corrected chi connectivity index (χ1v) is 8.33. The molecule has 3 N–H and O–H groups in total. The Morgan fingerprint density at radius 1 is 1.39 bits per heavy atom. The van der Waals surface area contributed by atoms with E-state index in [9.17, 15) is 4.79 Å². The molecule has 4 nitrogen and oxygen atoms in total. The van der Waals surface area contributed by atoms with E-state index in [1.54, 1.807) is 7.11 Å². The Hall–Kier alpha value is -1.26. The fourth-order valence-electron chi connectivity index (χ4n) is 3.79. The number of benzene rings is 1. The van der Waals surface area contributed by atoms with Gasteiger partial charge in [-0.1, -0.05) is 12.5 Å². The summed E-state index contributed by atoms with van der Waals surface area (Å²) in [6.45, 7) is 0.658. The molecule has 5 heteroatoms. The van der Waals surface area contributed by atoms with Crippen LogP contribution < -0.4 is 11.1 Å². The average Bonchev–Trinajstić information content (AvgIpc) is 2.46. The van der Waals surface area contributed by atoms with Crippen molar-refractivity contribution in [1.29, 1.82) is 0 Å². The van der Waals surface area contributed by atoms with Crippen LogP contribution >= 0.6 is 12.4 Å². The standard InChI is InChI=1S/C18H26N2O2.ClH/c1-22-11-10-18(8-3-9-18)17(21)20-16-5-2-4-13-12-14(19)6-7-15(13)16;/h6-7,12,16H,2-5,8-11,19H2,1H3,(H,20,21);1H. The van der Waals surface area contributed by atoms with E-state index in [0.29, 0.717) is 6.61 Å². The van der Waals surface area contributed by atoms with E-state index >= 15 is 0 Å². The van der Waals surface area contributed by atoms with Gasteiger partial charge < -0.3 is 15.8 Å². The van der Waals surface area contributed by atoms with Crippen molar-refractivity contribution in [3.05, 3.63) is 29.3 Å². The molecule has 128 valence electrons. The maximum atomic E-state index is 12.8. The number of fused-ring (bicyclic) bond motifs is 1. The molecule has 1 aromatic carbocycles. The average molecular weight is 339 g/mol. The molecule has 1 atom stereocenters. The highest BCUT2D eigenvalue weighted by Gasteiger charge is 2.44. The number of aryl methyl sites for hydroxylation is 1. The quantitative estimate of drug-likeness (QED) is 0.809. The van der Waals surface area contributed by atoms with E-state index in [-0.39, 0.29) is 29.8 Å². The zero-order valence-corrected chi connectivity index (χ0v) is 14.6.